The molecular formula is C18H19N5O6S4. The standard InChI is InChI=1S/C18H19N5O6S4/c1-3-22-13-7-5-11(32(24,25)26)9-15(13)30-17(22)20-21-18-23(4-2)14-8-6-12(10-16(14)31-18)33(27,28)29-19/h5-10H,3-4,19H2,1-2H3,(H,24,25,26). The molecule has 4 aromatic rings. The van der Waals surface area contributed by atoms with E-state index in [4.69, 9.17) is 5.90 Å². The van der Waals surface area contributed by atoms with Crippen LogP contribution in [0.2, 0.25) is 0 Å². The van der Waals surface area contributed by atoms with Crippen LogP contribution in [0.5, 0.6) is 0 Å². The van der Waals surface area contributed by atoms with Gasteiger partial charge in [-0.3, -0.25) is 4.55 Å². The lowest BCUT2D eigenvalue weighted by Crippen LogP contribution is -2.16. The molecule has 0 amide bonds. The highest BCUT2D eigenvalue weighted by atomic mass is 32.2. The highest BCUT2D eigenvalue weighted by molar-refractivity contribution is 7.86. The van der Waals surface area contributed by atoms with Gasteiger partial charge in [0.05, 0.1) is 30.2 Å². The number of fused-ring (bicyclic) bond motifs is 2. The van der Waals surface area contributed by atoms with Crippen molar-refractivity contribution in [3.63, 3.8) is 0 Å². The van der Waals surface area contributed by atoms with E-state index in [1.807, 2.05) is 23.0 Å². The number of nitrogens with zero attached hydrogens (tertiary/aromatic N) is 4. The summed E-state index contributed by atoms with van der Waals surface area (Å²) < 4.78 is 65.3. The van der Waals surface area contributed by atoms with Gasteiger partial charge in [0.1, 0.15) is 0 Å². The lowest BCUT2D eigenvalue weighted by atomic mass is 10.3. The maximum atomic E-state index is 11.9. The maximum absolute atomic E-state index is 11.9. The van der Waals surface area contributed by atoms with Crippen LogP contribution in [0, 0.1) is 0 Å². The van der Waals surface area contributed by atoms with Gasteiger partial charge in [-0.05, 0) is 50.2 Å². The Bertz CT molecular complexity index is 1730. The molecule has 2 heterocycles. The van der Waals surface area contributed by atoms with Gasteiger partial charge in [0.15, 0.2) is 0 Å². The second-order valence-corrected chi connectivity index (χ2v) is 11.8. The Labute approximate surface area is 196 Å². The van der Waals surface area contributed by atoms with Crippen LogP contribution in [0.3, 0.4) is 0 Å². The van der Waals surface area contributed by atoms with Crippen molar-refractivity contribution in [1.29, 1.82) is 0 Å². The molecule has 0 fully saturated rings. The van der Waals surface area contributed by atoms with Gasteiger partial charge >= 0.3 is 10.1 Å². The zero-order chi connectivity index (χ0) is 24.0. The van der Waals surface area contributed by atoms with Crippen molar-refractivity contribution >= 4 is 63.3 Å². The van der Waals surface area contributed by atoms with Crippen LogP contribution in [0.1, 0.15) is 13.8 Å². The van der Waals surface area contributed by atoms with Gasteiger partial charge < -0.3 is 9.13 Å². The number of hydrogen-bond donors (Lipinski definition) is 2. The monoisotopic (exact) mass is 529 g/mol. The van der Waals surface area contributed by atoms with E-state index in [2.05, 4.69) is 14.5 Å². The lowest BCUT2D eigenvalue weighted by molar-refractivity contribution is 0.333. The van der Waals surface area contributed by atoms with Gasteiger partial charge in [-0.15, -0.1) is 10.2 Å². The second-order valence-electron chi connectivity index (χ2n) is 6.74. The minimum absolute atomic E-state index is 0.0616. The Morgan fingerprint density at radius 3 is 1.76 bits per heavy atom. The molecule has 33 heavy (non-hydrogen) atoms. The van der Waals surface area contributed by atoms with E-state index in [0.29, 0.717) is 32.1 Å². The van der Waals surface area contributed by atoms with Crippen LogP contribution < -0.4 is 15.5 Å². The van der Waals surface area contributed by atoms with E-state index in [1.54, 1.807) is 12.1 Å². The Morgan fingerprint density at radius 2 is 1.33 bits per heavy atom. The molecule has 4 rings (SSSR count). The number of rotatable bonds is 6. The number of aromatic nitrogens is 2. The number of aryl methyl sites for hydroxylation is 2. The van der Waals surface area contributed by atoms with Gasteiger partial charge in [-0.1, -0.05) is 22.7 Å². The molecule has 15 heteroatoms. The summed E-state index contributed by atoms with van der Waals surface area (Å²) in [6.07, 6.45) is 0. The summed E-state index contributed by atoms with van der Waals surface area (Å²) in [5, 5.41) is 8.78. The van der Waals surface area contributed by atoms with Crippen LogP contribution in [0.4, 0.5) is 0 Å². The van der Waals surface area contributed by atoms with E-state index in [-0.39, 0.29) is 9.79 Å². The number of hydrogen-bond acceptors (Lipinski definition) is 10. The third kappa shape index (κ3) is 4.40. The van der Waals surface area contributed by atoms with E-state index >= 15 is 0 Å². The van der Waals surface area contributed by atoms with Crippen molar-refractivity contribution in [2.75, 3.05) is 0 Å². The summed E-state index contributed by atoms with van der Waals surface area (Å²) in [6, 6.07) is 8.89. The molecule has 0 saturated heterocycles. The molecule has 0 saturated carbocycles. The van der Waals surface area contributed by atoms with Crippen LogP contribution >= 0.6 is 22.7 Å². The van der Waals surface area contributed by atoms with Crippen LogP contribution in [-0.2, 0) is 37.6 Å². The molecule has 0 aliphatic heterocycles. The SMILES string of the molecule is CCn1c(=NN=c2sc3cc(S(=O)(=O)ON)ccc3n2CC)sc2cc(S(=O)(=O)O)ccc21. The molecule has 0 radical (unpaired) electrons. The first-order valence-electron chi connectivity index (χ1n) is 9.54. The largest absolute Gasteiger partial charge is 0.315 e. The number of thiazole rings is 2. The van der Waals surface area contributed by atoms with Gasteiger partial charge in [0.2, 0.25) is 9.60 Å². The molecule has 0 bridgehead atoms. The maximum Gasteiger partial charge on any atom is 0.312 e. The first-order valence-corrected chi connectivity index (χ1v) is 14.0. The fourth-order valence-corrected chi connectivity index (χ4v) is 6.76. The molecule has 0 spiro atoms. The van der Waals surface area contributed by atoms with Crippen molar-refractivity contribution in [2.24, 2.45) is 16.1 Å². The summed E-state index contributed by atoms with van der Waals surface area (Å²) in [6.45, 7) is 5.00. The second kappa shape index (κ2) is 8.75. The van der Waals surface area contributed by atoms with Gasteiger partial charge in [0.25, 0.3) is 10.1 Å². The normalized spacial score (nSPS) is 14.1. The average Bonchev–Trinajstić information content (AvgIpc) is 3.32. The summed E-state index contributed by atoms with van der Waals surface area (Å²) in [5.41, 5.74) is 1.55. The van der Waals surface area contributed by atoms with Gasteiger partial charge in [0, 0.05) is 13.1 Å². The molecule has 2 aromatic carbocycles. The Balaban J connectivity index is 1.91. The molecule has 11 nitrogen and oxygen atoms in total. The minimum Gasteiger partial charge on any atom is -0.315 e. The number of benzene rings is 2. The summed E-state index contributed by atoms with van der Waals surface area (Å²) in [4.78, 5) is 0.839. The van der Waals surface area contributed by atoms with Gasteiger partial charge in [-0.25, -0.2) is 0 Å². The topological polar surface area (TPSA) is 158 Å². The number of nitrogens with two attached hydrogens (primary N) is 1. The fraction of sp³-hybridized carbons (Fsp3) is 0.222. The third-order valence-corrected chi connectivity index (χ3v) is 8.87. The summed E-state index contributed by atoms with van der Waals surface area (Å²) in [7, 11) is -8.35. The van der Waals surface area contributed by atoms with Crippen LogP contribution in [0.15, 0.2) is 56.4 Å². The highest BCUT2D eigenvalue weighted by Crippen LogP contribution is 2.23. The first kappa shape index (κ1) is 23.7. The van der Waals surface area contributed by atoms with Crippen molar-refractivity contribution in [3.05, 3.63) is 46.0 Å². The predicted molar refractivity (Wildman–Crippen MR) is 124 cm³/mol. The quantitative estimate of drug-likeness (QED) is 0.285. The van der Waals surface area contributed by atoms with Crippen LogP contribution in [0.25, 0.3) is 20.4 Å². The molecule has 0 unspecified atom stereocenters. The Hall–Kier alpha value is -2.40. The molecule has 0 aliphatic carbocycles. The highest BCUT2D eigenvalue weighted by Gasteiger charge is 2.16. The molecule has 3 N–H and O–H groups in total. The molecule has 0 aliphatic rings. The summed E-state index contributed by atoms with van der Waals surface area (Å²) in [5.74, 6) is 4.88. The predicted octanol–water partition coefficient (Wildman–Crippen LogP) is 2.00. The molecular weight excluding hydrogens is 510 g/mol. The fourth-order valence-electron chi connectivity index (χ4n) is 3.33. The van der Waals surface area contributed by atoms with Crippen molar-refractivity contribution in [2.45, 2.75) is 36.7 Å². The van der Waals surface area contributed by atoms with Crippen molar-refractivity contribution in [1.82, 2.24) is 9.13 Å². The zero-order valence-electron chi connectivity index (χ0n) is 17.4. The van der Waals surface area contributed by atoms with Crippen LogP contribution in [-0.4, -0.2) is 30.5 Å². The third-order valence-electron chi connectivity index (χ3n) is 4.88. The average molecular weight is 530 g/mol. The summed E-state index contributed by atoms with van der Waals surface area (Å²) >= 11 is 2.50. The molecule has 176 valence electrons. The van der Waals surface area contributed by atoms with E-state index in [9.17, 15) is 21.4 Å². The zero-order valence-corrected chi connectivity index (χ0v) is 20.6. The lowest BCUT2D eigenvalue weighted by Gasteiger charge is -2.02. The smallest absolute Gasteiger partial charge is 0.312 e. The Morgan fingerprint density at radius 1 is 0.879 bits per heavy atom. The first-order chi connectivity index (χ1) is 15.6. The Kier molecular flexibility index (Phi) is 6.30. The van der Waals surface area contributed by atoms with Crippen molar-refractivity contribution < 1.29 is 25.7 Å². The van der Waals surface area contributed by atoms with Crippen molar-refractivity contribution in [3.8, 4) is 0 Å². The van der Waals surface area contributed by atoms with Gasteiger partial charge in [-0.2, -0.15) is 27.0 Å². The molecule has 0 atom stereocenters. The van der Waals surface area contributed by atoms with E-state index < -0.39 is 20.2 Å². The van der Waals surface area contributed by atoms with E-state index in [1.165, 1.54) is 46.9 Å². The molecule has 2 aromatic heterocycles. The minimum atomic E-state index is -4.32. The van der Waals surface area contributed by atoms with E-state index in [0.717, 1.165) is 11.0 Å².